The zero-order valence-electron chi connectivity index (χ0n) is 15.2. The van der Waals surface area contributed by atoms with Crippen LogP contribution in [0.4, 0.5) is 5.00 Å². The molecule has 3 rings (SSSR count). The Morgan fingerprint density at radius 3 is 2.81 bits per heavy atom. The minimum absolute atomic E-state index is 0.125. The normalized spacial score (nSPS) is 13.1. The van der Waals surface area contributed by atoms with E-state index in [1.807, 2.05) is 0 Å². The molecular formula is C18H21ClN4O2S2. The minimum Gasteiger partial charge on any atom is -0.355 e. The predicted octanol–water partition coefficient (Wildman–Crippen LogP) is 4.18. The average molecular weight is 425 g/mol. The van der Waals surface area contributed by atoms with Crippen LogP contribution in [0.25, 0.3) is 0 Å². The summed E-state index contributed by atoms with van der Waals surface area (Å²) in [6, 6.07) is 0. The fraction of sp³-hybridized carbons (Fsp3) is 0.444. The maximum atomic E-state index is 12.8. The van der Waals surface area contributed by atoms with E-state index < -0.39 is 5.91 Å². The molecule has 6 nitrogen and oxygen atoms in total. The molecule has 27 heavy (non-hydrogen) atoms. The van der Waals surface area contributed by atoms with Crippen LogP contribution in [-0.2, 0) is 12.8 Å². The number of thioether (sulfide) groups is 1. The third-order valence-electron chi connectivity index (χ3n) is 4.22. The third-order valence-corrected chi connectivity index (χ3v) is 6.78. The number of hydrogen-bond donors (Lipinski definition) is 2. The van der Waals surface area contributed by atoms with Gasteiger partial charge in [-0.15, -0.1) is 11.3 Å². The Kier molecular flexibility index (Phi) is 6.73. The van der Waals surface area contributed by atoms with Crippen molar-refractivity contribution < 1.29 is 9.59 Å². The van der Waals surface area contributed by atoms with Gasteiger partial charge in [-0.05, 0) is 37.7 Å². The molecular weight excluding hydrogens is 404 g/mol. The van der Waals surface area contributed by atoms with E-state index in [9.17, 15) is 9.59 Å². The van der Waals surface area contributed by atoms with Crippen LogP contribution in [-0.4, -0.2) is 34.6 Å². The summed E-state index contributed by atoms with van der Waals surface area (Å²) < 4.78 is 0. The van der Waals surface area contributed by atoms with E-state index in [-0.39, 0.29) is 16.6 Å². The number of amides is 2. The topological polar surface area (TPSA) is 84.0 Å². The van der Waals surface area contributed by atoms with Gasteiger partial charge in [0.05, 0.1) is 16.8 Å². The summed E-state index contributed by atoms with van der Waals surface area (Å²) in [6.45, 7) is 2.06. The molecule has 0 atom stereocenters. The lowest BCUT2D eigenvalue weighted by atomic mass is 9.95. The summed E-state index contributed by atoms with van der Waals surface area (Å²) in [5.74, 6) is 0.253. The first-order valence-electron chi connectivity index (χ1n) is 8.88. The van der Waals surface area contributed by atoms with E-state index >= 15 is 0 Å². The van der Waals surface area contributed by atoms with Crippen LogP contribution in [0.1, 0.15) is 57.5 Å². The highest BCUT2D eigenvalue weighted by Crippen LogP contribution is 2.38. The summed E-state index contributed by atoms with van der Waals surface area (Å²) in [4.78, 5) is 34.9. The highest BCUT2D eigenvalue weighted by molar-refractivity contribution is 7.99. The van der Waals surface area contributed by atoms with Crippen molar-refractivity contribution in [1.82, 2.24) is 15.3 Å². The first kappa shape index (κ1) is 20.1. The average Bonchev–Trinajstić information content (AvgIpc) is 3.04. The monoisotopic (exact) mass is 424 g/mol. The van der Waals surface area contributed by atoms with Gasteiger partial charge in [0.2, 0.25) is 0 Å². The molecule has 0 bridgehead atoms. The number of halogens is 1. The van der Waals surface area contributed by atoms with Crippen molar-refractivity contribution >= 4 is 51.5 Å². The first-order valence-corrected chi connectivity index (χ1v) is 11.1. The Labute approximate surface area is 171 Å². The zero-order valence-corrected chi connectivity index (χ0v) is 17.6. The van der Waals surface area contributed by atoms with Crippen molar-refractivity contribution in [1.29, 1.82) is 0 Å². The SMILES string of the molecule is CCCSc1ncc(Cl)c(C(=O)Nc2sc3c(c2C(=O)NC)CCCC3)n1. The Morgan fingerprint density at radius 1 is 1.30 bits per heavy atom. The van der Waals surface area contributed by atoms with Crippen molar-refractivity contribution in [2.45, 2.75) is 44.2 Å². The molecule has 144 valence electrons. The van der Waals surface area contributed by atoms with Crippen LogP contribution in [0.5, 0.6) is 0 Å². The number of aromatic nitrogens is 2. The van der Waals surface area contributed by atoms with Crippen LogP contribution in [0.2, 0.25) is 5.02 Å². The molecule has 0 spiro atoms. The molecule has 0 saturated carbocycles. The maximum absolute atomic E-state index is 12.8. The van der Waals surface area contributed by atoms with Gasteiger partial charge in [-0.25, -0.2) is 9.97 Å². The van der Waals surface area contributed by atoms with E-state index in [1.165, 1.54) is 34.2 Å². The number of aryl methyl sites for hydroxylation is 1. The second-order valence-electron chi connectivity index (χ2n) is 6.15. The number of nitrogens with one attached hydrogen (secondary N) is 2. The molecule has 9 heteroatoms. The molecule has 2 heterocycles. The summed E-state index contributed by atoms with van der Waals surface area (Å²) in [5.41, 5.74) is 1.74. The molecule has 2 amide bonds. The van der Waals surface area contributed by atoms with Crippen LogP contribution in [0, 0.1) is 0 Å². The smallest absolute Gasteiger partial charge is 0.276 e. The minimum atomic E-state index is -0.426. The summed E-state index contributed by atoms with van der Waals surface area (Å²) in [7, 11) is 1.60. The number of carbonyl (C=O) groups is 2. The van der Waals surface area contributed by atoms with Crippen LogP contribution in [0.3, 0.4) is 0 Å². The highest BCUT2D eigenvalue weighted by atomic mass is 35.5. The van der Waals surface area contributed by atoms with Gasteiger partial charge in [-0.1, -0.05) is 30.3 Å². The van der Waals surface area contributed by atoms with Crippen molar-refractivity contribution in [2.24, 2.45) is 0 Å². The molecule has 2 aromatic heterocycles. The fourth-order valence-electron chi connectivity index (χ4n) is 2.95. The standard InChI is InChI=1S/C18H21ClN4O2S2/c1-3-8-26-18-21-9-11(19)14(22-18)16(25)23-17-13(15(24)20-2)10-6-4-5-7-12(10)27-17/h9H,3-8H2,1-2H3,(H,20,24)(H,23,25). The Hall–Kier alpha value is -1.64. The van der Waals surface area contributed by atoms with Crippen LogP contribution >= 0.6 is 34.7 Å². The zero-order chi connectivity index (χ0) is 19.4. The lowest BCUT2D eigenvalue weighted by Gasteiger charge is -2.12. The lowest BCUT2D eigenvalue weighted by molar-refractivity contribution is 0.0963. The number of carbonyl (C=O) groups excluding carboxylic acids is 2. The summed E-state index contributed by atoms with van der Waals surface area (Å²) in [6.07, 6.45) is 6.37. The van der Waals surface area contributed by atoms with Crippen molar-refractivity contribution in [3.05, 3.63) is 32.9 Å². The number of nitrogens with zero attached hydrogens (tertiary/aromatic N) is 2. The third kappa shape index (κ3) is 4.44. The fourth-order valence-corrected chi connectivity index (χ4v) is 5.08. The van der Waals surface area contributed by atoms with Gasteiger partial charge >= 0.3 is 0 Å². The molecule has 0 aromatic carbocycles. The first-order chi connectivity index (χ1) is 13.0. The van der Waals surface area contributed by atoms with E-state index in [4.69, 9.17) is 11.6 Å². The van der Waals surface area contributed by atoms with E-state index in [2.05, 4.69) is 27.5 Å². The van der Waals surface area contributed by atoms with Crippen molar-refractivity contribution in [3.8, 4) is 0 Å². The van der Waals surface area contributed by atoms with Gasteiger partial charge in [0.1, 0.15) is 5.00 Å². The van der Waals surface area contributed by atoms with Gasteiger partial charge in [0.15, 0.2) is 10.9 Å². The van der Waals surface area contributed by atoms with Gasteiger partial charge < -0.3 is 10.6 Å². The number of rotatable bonds is 6. The van der Waals surface area contributed by atoms with Crippen LogP contribution in [0.15, 0.2) is 11.4 Å². The van der Waals surface area contributed by atoms with E-state index in [0.29, 0.717) is 15.7 Å². The van der Waals surface area contributed by atoms with Crippen molar-refractivity contribution in [2.75, 3.05) is 18.1 Å². The summed E-state index contributed by atoms with van der Waals surface area (Å²) in [5, 5.41) is 6.80. The Morgan fingerprint density at radius 2 is 2.07 bits per heavy atom. The van der Waals surface area contributed by atoms with Gasteiger partial charge in [0, 0.05) is 17.7 Å². The molecule has 2 aromatic rings. The predicted molar refractivity (Wildman–Crippen MR) is 110 cm³/mol. The molecule has 0 unspecified atom stereocenters. The second kappa shape index (κ2) is 9.03. The quantitative estimate of drug-likeness (QED) is 0.536. The van der Waals surface area contributed by atoms with Gasteiger partial charge in [-0.3, -0.25) is 9.59 Å². The Bertz CT molecular complexity index is 869. The molecule has 0 saturated heterocycles. The number of hydrogen-bond acceptors (Lipinski definition) is 6. The van der Waals surface area contributed by atoms with Gasteiger partial charge in [0.25, 0.3) is 11.8 Å². The highest BCUT2D eigenvalue weighted by Gasteiger charge is 2.26. The van der Waals surface area contributed by atoms with E-state index in [1.54, 1.807) is 7.05 Å². The summed E-state index contributed by atoms with van der Waals surface area (Å²) >= 11 is 9.10. The molecule has 0 aliphatic heterocycles. The molecule has 1 aliphatic carbocycles. The van der Waals surface area contributed by atoms with Crippen LogP contribution < -0.4 is 10.6 Å². The molecule has 0 fully saturated rings. The molecule has 0 radical (unpaired) electrons. The largest absolute Gasteiger partial charge is 0.355 e. The number of fused-ring (bicyclic) bond motifs is 1. The second-order valence-corrected chi connectivity index (χ2v) is 8.72. The lowest BCUT2D eigenvalue weighted by Crippen LogP contribution is -2.22. The molecule has 1 aliphatic rings. The maximum Gasteiger partial charge on any atom is 0.276 e. The Balaban J connectivity index is 1.90. The number of anilines is 1. The van der Waals surface area contributed by atoms with Crippen molar-refractivity contribution in [3.63, 3.8) is 0 Å². The van der Waals surface area contributed by atoms with E-state index in [0.717, 1.165) is 43.4 Å². The number of thiophene rings is 1. The van der Waals surface area contributed by atoms with Gasteiger partial charge in [-0.2, -0.15) is 0 Å². The molecule has 2 N–H and O–H groups in total.